The summed E-state index contributed by atoms with van der Waals surface area (Å²) in [5, 5.41) is 43.4. The van der Waals surface area contributed by atoms with Crippen LogP contribution in [0.2, 0.25) is 0 Å². The van der Waals surface area contributed by atoms with Crippen molar-refractivity contribution in [2.24, 2.45) is 0 Å². The van der Waals surface area contributed by atoms with E-state index >= 15 is 0 Å². The minimum absolute atomic E-state index is 0.0537. The first-order chi connectivity index (χ1) is 16.6. The van der Waals surface area contributed by atoms with Gasteiger partial charge < -0.3 is 49.2 Å². The van der Waals surface area contributed by atoms with Gasteiger partial charge in [-0.1, -0.05) is 13.8 Å². The average Bonchev–Trinajstić information content (AvgIpc) is 2.76. The second-order valence-corrected chi connectivity index (χ2v) is 10.9. The smallest absolute Gasteiger partial charge is 0.325 e. The number of aryl methyl sites for hydroxylation is 1. The normalized spacial score (nSPS) is 18.7. The molecule has 196 valence electrons. The summed E-state index contributed by atoms with van der Waals surface area (Å²) in [6.07, 6.45) is -3.14. The van der Waals surface area contributed by atoms with Crippen molar-refractivity contribution in [2.45, 2.75) is 57.8 Å². The van der Waals surface area contributed by atoms with Crippen LogP contribution in [0, 0.1) is 13.8 Å². The van der Waals surface area contributed by atoms with Crippen LogP contribution >= 0.6 is 7.82 Å². The number of aliphatic hydroxyl groups excluding tert-OH is 3. The number of anilines is 2. The van der Waals surface area contributed by atoms with Crippen molar-refractivity contribution >= 4 is 36.9 Å². The fourth-order valence-corrected chi connectivity index (χ4v) is 5.17. The molecule has 36 heavy (non-hydrogen) atoms. The van der Waals surface area contributed by atoms with E-state index in [9.17, 15) is 39.6 Å². The Hall–Kier alpha value is -2.64. The van der Waals surface area contributed by atoms with Crippen LogP contribution in [0.4, 0.5) is 22.9 Å². The van der Waals surface area contributed by atoms with Gasteiger partial charge in [0.1, 0.15) is 24.0 Å². The van der Waals surface area contributed by atoms with Crippen molar-refractivity contribution < 1.29 is 39.3 Å². The number of hydrogen-bond acceptors (Lipinski definition) is 11. The van der Waals surface area contributed by atoms with E-state index in [1.54, 1.807) is 4.58 Å². The number of phosphoric acid groups is 1. The van der Waals surface area contributed by atoms with Crippen molar-refractivity contribution in [2.75, 3.05) is 18.1 Å². The van der Waals surface area contributed by atoms with E-state index < -0.39 is 50.9 Å². The van der Waals surface area contributed by atoms with Gasteiger partial charge in [0.05, 0.1) is 27.0 Å². The minimum Gasteiger partial charge on any atom is -0.846 e. The highest BCUT2D eigenvalue weighted by Crippen LogP contribution is 2.52. The average molecular weight is 522 g/mol. The van der Waals surface area contributed by atoms with Crippen LogP contribution in [-0.2, 0) is 14.5 Å². The van der Waals surface area contributed by atoms with Gasteiger partial charge >= 0.3 is 11.2 Å². The Bertz CT molecular complexity index is 1350. The van der Waals surface area contributed by atoms with Crippen LogP contribution in [-0.4, -0.2) is 63.0 Å². The summed E-state index contributed by atoms with van der Waals surface area (Å²) < 4.78 is 16.4. The fourth-order valence-electron chi connectivity index (χ4n) is 4.84. The van der Waals surface area contributed by atoms with Gasteiger partial charge in [0.2, 0.25) is 11.5 Å². The van der Waals surface area contributed by atoms with E-state index in [1.807, 2.05) is 26.1 Å². The third-order valence-electron chi connectivity index (χ3n) is 6.70. The van der Waals surface area contributed by atoms with Crippen molar-refractivity contribution in [3.63, 3.8) is 0 Å². The first-order valence-corrected chi connectivity index (χ1v) is 12.7. The largest absolute Gasteiger partial charge is 0.846 e. The summed E-state index contributed by atoms with van der Waals surface area (Å²) >= 11 is 0. The van der Waals surface area contributed by atoms with Gasteiger partial charge in [0.25, 0.3) is 0 Å². The number of β-amino-alcohol motifs (C(OH)–C–C–N with tert-alkyl or cyclic N) is 1. The number of hydrogen-bond donors (Lipinski definition) is 4. The Labute approximate surface area is 206 Å². The highest BCUT2D eigenvalue weighted by Gasteiger charge is 2.46. The number of nitrogens with zero attached hydrogens (tertiary/aromatic N) is 3. The van der Waals surface area contributed by atoms with E-state index in [0.29, 0.717) is 17.8 Å². The molecule has 0 radical (unpaired) electrons. The van der Waals surface area contributed by atoms with Gasteiger partial charge in [0, 0.05) is 17.4 Å². The van der Waals surface area contributed by atoms with E-state index in [1.165, 1.54) is 4.90 Å². The molecule has 14 heteroatoms. The predicted octanol–water partition coefficient (Wildman–Crippen LogP) is -1.57. The summed E-state index contributed by atoms with van der Waals surface area (Å²) in [5.74, 6) is -0.0537. The molecule has 4 rings (SSSR count). The Morgan fingerprint density at radius 2 is 1.92 bits per heavy atom. The van der Waals surface area contributed by atoms with Gasteiger partial charge in [-0.3, -0.25) is 4.79 Å². The number of fused-ring (bicyclic) bond motifs is 2. The van der Waals surface area contributed by atoms with Crippen LogP contribution in [0.5, 0.6) is 6.01 Å². The molecule has 3 atom stereocenters. The van der Waals surface area contributed by atoms with Gasteiger partial charge in [-0.25, -0.2) is 4.98 Å². The van der Waals surface area contributed by atoms with Gasteiger partial charge in [-0.2, -0.15) is 4.58 Å². The SMILES string of the molecule is Cc1cc2c3c(c1C)C(C)(C)CC=[N+]3c1c(nc([O-])[nH]c1=O)N2C[C@H](O)[C@H](O)[C@H](O)COP(=O)([O-])[O-]. The molecule has 4 N–H and O–H groups in total. The maximum Gasteiger partial charge on any atom is 0.325 e. The molecule has 0 fully saturated rings. The molecular weight excluding hydrogens is 495 g/mol. The van der Waals surface area contributed by atoms with Crippen LogP contribution in [0.1, 0.15) is 37.0 Å². The Morgan fingerprint density at radius 3 is 2.56 bits per heavy atom. The number of benzene rings is 1. The van der Waals surface area contributed by atoms with Gasteiger partial charge in [0.15, 0.2) is 6.21 Å². The zero-order chi connectivity index (χ0) is 26.7. The molecule has 0 saturated carbocycles. The molecule has 0 spiro atoms. The molecule has 0 bridgehead atoms. The number of nitrogens with one attached hydrogen (secondary N) is 1. The standard InChI is InChI=1S/C22H29N4O9P/c1-10-7-12-16-15(11(10)2)22(3,4)5-6-25(16)17-19(23-21(31)24-20(17)30)26(12)8-13(27)18(29)14(28)9-35-36(32,33)34/h6-7,13-14,18,27-29H,5,8-9H2,1-4H3,(H3-,23,24,30,31,32,33,34)/p-2/t13-,14+,18-/m0/s1. The molecule has 2 aliphatic heterocycles. The highest BCUT2D eigenvalue weighted by atomic mass is 31.2. The molecule has 2 aromatic rings. The summed E-state index contributed by atoms with van der Waals surface area (Å²) in [6.45, 7) is 6.50. The topological polar surface area (TPSA) is 208 Å². The van der Waals surface area contributed by atoms with Crippen LogP contribution < -0.4 is 29.9 Å². The van der Waals surface area contributed by atoms with Crippen LogP contribution in [0.3, 0.4) is 0 Å². The van der Waals surface area contributed by atoms with Crippen LogP contribution in [0.25, 0.3) is 0 Å². The molecule has 0 saturated heterocycles. The molecule has 0 amide bonds. The Morgan fingerprint density at radius 1 is 1.25 bits per heavy atom. The Balaban J connectivity index is 1.83. The second-order valence-electron chi connectivity index (χ2n) is 9.72. The lowest BCUT2D eigenvalue weighted by molar-refractivity contribution is -0.343. The quantitative estimate of drug-likeness (QED) is 0.241. The van der Waals surface area contributed by atoms with E-state index in [-0.39, 0.29) is 16.9 Å². The maximum absolute atomic E-state index is 12.9. The summed E-state index contributed by atoms with van der Waals surface area (Å²) in [7, 11) is -5.41. The monoisotopic (exact) mass is 522 g/mol. The number of aliphatic hydroxyl groups is 3. The van der Waals surface area contributed by atoms with Gasteiger partial charge in [-0.05, 0) is 31.0 Å². The van der Waals surface area contributed by atoms with E-state index in [2.05, 4.69) is 28.3 Å². The number of aromatic amines is 1. The molecule has 0 unspecified atom stereocenters. The van der Waals surface area contributed by atoms with Crippen molar-refractivity contribution in [1.82, 2.24) is 14.5 Å². The third-order valence-corrected chi connectivity index (χ3v) is 7.17. The number of aromatic nitrogens is 2. The first kappa shape index (κ1) is 26.4. The van der Waals surface area contributed by atoms with Gasteiger partial charge in [-0.15, -0.1) is 0 Å². The lowest BCUT2D eigenvalue weighted by atomic mass is 9.75. The lowest BCUT2D eigenvalue weighted by Gasteiger charge is -2.38. The minimum atomic E-state index is -5.41. The number of rotatable bonds is 7. The van der Waals surface area contributed by atoms with Crippen molar-refractivity contribution in [1.29, 1.82) is 0 Å². The summed E-state index contributed by atoms with van der Waals surface area (Å²) in [4.78, 5) is 41.9. The van der Waals surface area contributed by atoms with E-state index in [4.69, 9.17) is 0 Å². The number of H-pyrrole nitrogens is 1. The molecule has 1 aromatic heterocycles. The Kier molecular flexibility index (Phi) is 6.63. The summed E-state index contributed by atoms with van der Waals surface area (Å²) in [5.41, 5.74) is 3.13. The molecular formula is C22H27N4O9P-2. The lowest BCUT2D eigenvalue weighted by Crippen LogP contribution is -2.47. The molecule has 2 aliphatic rings. The summed E-state index contributed by atoms with van der Waals surface area (Å²) in [6, 6.07) is 0.912. The number of phosphoric ester groups is 1. The molecule has 1 aromatic carbocycles. The van der Waals surface area contributed by atoms with Crippen molar-refractivity contribution in [3.8, 4) is 6.01 Å². The second kappa shape index (κ2) is 9.03. The molecule has 3 heterocycles. The van der Waals surface area contributed by atoms with Crippen molar-refractivity contribution in [3.05, 3.63) is 33.1 Å². The third kappa shape index (κ3) is 4.59. The maximum atomic E-state index is 12.9. The highest BCUT2D eigenvalue weighted by molar-refractivity contribution is 7.43. The molecule has 0 aliphatic carbocycles. The predicted molar refractivity (Wildman–Crippen MR) is 124 cm³/mol. The molecule has 13 nitrogen and oxygen atoms in total. The van der Waals surface area contributed by atoms with Crippen LogP contribution in [0.15, 0.2) is 10.9 Å². The first-order valence-electron chi connectivity index (χ1n) is 11.2. The van der Waals surface area contributed by atoms with E-state index in [0.717, 1.165) is 16.7 Å². The fraction of sp³-hybridized carbons (Fsp3) is 0.500. The zero-order valence-corrected chi connectivity index (χ0v) is 21.0. The zero-order valence-electron chi connectivity index (χ0n) is 20.1.